The minimum atomic E-state index is -0.894. The van der Waals surface area contributed by atoms with Crippen LogP contribution >= 0.6 is 0 Å². The first kappa shape index (κ1) is 65.9. The normalized spacial score (nSPS) is 16.9. The number of hydrogen-bond acceptors (Lipinski definition) is 10. The van der Waals surface area contributed by atoms with E-state index in [2.05, 4.69) is 46.6 Å². The molecule has 0 saturated carbocycles. The van der Waals surface area contributed by atoms with Crippen molar-refractivity contribution >= 4 is 47.4 Å². The number of rotatable bonds is 36. The van der Waals surface area contributed by atoms with Gasteiger partial charge < -0.3 is 40.5 Å². The molecule has 6 atom stereocenters. The first-order chi connectivity index (χ1) is 38.6. The number of hydrogen-bond donors (Lipinski definition) is 4. The predicted molar refractivity (Wildman–Crippen MR) is 312 cm³/mol. The highest BCUT2D eigenvalue weighted by Crippen LogP contribution is 2.23. The van der Waals surface area contributed by atoms with Gasteiger partial charge in [0.15, 0.2) is 0 Å². The average molecular weight is 1110 g/mol. The number of benzene rings is 2. The molecule has 0 bridgehead atoms. The van der Waals surface area contributed by atoms with Crippen LogP contribution in [-0.4, -0.2) is 121 Å². The molecule has 0 unspecified atom stereocenters. The van der Waals surface area contributed by atoms with Crippen LogP contribution < -0.4 is 21.3 Å². The topological polar surface area (TPSA) is 210 Å². The zero-order valence-corrected chi connectivity index (χ0v) is 48.5. The van der Waals surface area contributed by atoms with Gasteiger partial charge in [-0.1, -0.05) is 113 Å². The van der Waals surface area contributed by atoms with Crippen LogP contribution in [0.4, 0.5) is 0 Å². The summed E-state index contributed by atoms with van der Waals surface area (Å²) in [6.45, 7) is 16.8. The van der Waals surface area contributed by atoms with Gasteiger partial charge in [-0.2, -0.15) is 0 Å². The van der Waals surface area contributed by atoms with Crippen molar-refractivity contribution in [3.05, 3.63) is 109 Å². The first-order valence-electron chi connectivity index (χ1n) is 29.7. The summed E-state index contributed by atoms with van der Waals surface area (Å²) in [7, 11) is 0. The molecule has 440 valence electrons. The number of nitrogens with zero attached hydrogens (tertiary/aromatic N) is 2. The molecule has 16 nitrogen and oxygen atoms in total. The quantitative estimate of drug-likeness (QED) is 0.0290. The summed E-state index contributed by atoms with van der Waals surface area (Å²) in [4.78, 5) is 111. The monoisotopic (exact) mass is 1110 g/mol. The van der Waals surface area contributed by atoms with Gasteiger partial charge in [-0.25, -0.2) is 0 Å². The van der Waals surface area contributed by atoms with Crippen molar-refractivity contribution in [1.29, 1.82) is 0 Å². The molecule has 2 saturated heterocycles. The molecule has 16 heteroatoms. The van der Waals surface area contributed by atoms with Gasteiger partial charge in [-0.05, 0) is 126 Å². The second-order valence-electron chi connectivity index (χ2n) is 22.2. The molecule has 6 amide bonds. The summed E-state index contributed by atoms with van der Waals surface area (Å²) in [5.41, 5.74) is 1.75. The number of allylic oxidation sites excluding steroid dienone is 4. The second-order valence-corrected chi connectivity index (χ2v) is 22.2. The largest absolute Gasteiger partial charge is 0.465 e. The summed E-state index contributed by atoms with van der Waals surface area (Å²) < 4.78 is 11.2. The third-order valence-electron chi connectivity index (χ3n) is 14.8. The number of ether oxygens (including phenoxy) is 2. The van der Waals surface area contributed by atoms with E-state index in [9.17, 15) is 38.4 Å². The molecule has 0 aliphatic carbocycles. The average Bonchev–Trinajstić information content (AvgIpc) is 3.48. The lowest BCUT2D eigenvalue weighted by Crippen LogP contribution is -2.57. The van der Waals surface area contributed by atoms with E-state index >= 15 is 0 Å². The molecule has 2 aliphatic rings. The van der Waals surface area contributed by atoms with Crippen molar-refractivity contribution in [2.75, 3.05) is 39.4 Å². The highest BCUT2D eigenvalue weighted by molar-refractivity contribution is 5.94. The van der Waals surface area contributed by atoms with Crippen molar-refractivity contribution in [3.8, 4) is 0 Å². The summed E-state index contributed by atoms with van der Waals surface area (Å²) in [5, 5.41) is 11.7. The Kier molecular flexibility index (Phi) is 30.8. The van der Waals surface area contributed by atoms with E-state index < -0.39 is 47.8 Å². The Morgan fingerprint density at radius 3 is 1.29 bits per heavy atom. The van der Waals surface area contributed by atoms with Crippen LogP contribution in [0.3, 0.4) is 0 Å². The van der Waals surface area contributed by atoms with Crippen molar-refractivity contribution in [3.63, 3.8) is 0 Å². The molecule has 2 heterocycles. The molecule has 0 radical (unpaired) electrons. The van der Waals surface area contributed by atoms with Crippen LogP contribution in [0.2, 0.25) is 0 Å². The molecule has 0 aromatic heterocycles. The lowest BCUT2D eigenvalue weighted by Gasteiger charge is -2.35. The predicted octanol–water partition coefficient (Wildman–Crippen LogP) is 8.68. The Hall–Kier alpha value is -6.58. The summed E-state index contributed by atoms with van der Waals surface area (Å²) in [6, 6.07) is 15.5. The zero-order valence-electron chi connectivity index (χ0n) is 48.5. The maximum atomic E-state index is 14.2. The fourth-order valence-electron chi connectivity index (χ4n) is 10.1. The first-order valence-corrected chi connectivity index (χ1v) is 29.7. The van der Waals surface area contributed by atoms with Gasteiger partial charge in [0.05, 0.1) is 25.0 Å². The number of likely N-dealkylation sites (tertiary alicyclic amines) is 2. The van der Waals surface area contributed by atoms with E-state index in [0.29, 0.717) is 71.1 Å². The highest BCUT2D eigenvalue weighted by Gasteiger charge is 2.37. The number of amides is 6. The maximum absolute atomic E-state index is 14.2. The van der Waals surface area contributed by atoms with Gasteiger partial charge in [0.1, 0.15) is 24.2 Å². The Labute approximate surface area is 477 Å². The lowest BCUT2D eigenvalue weighted by atomic mass is 9.96. The van der Waals surface area contributed by atoms with E-state index in [4.69, 9.17) is 9.47 Å². The van der Waals surface area contributed by atoms with Crippen molar-refractivity contribution in [2.45, 2.75) is 180 Å². The molecule has 2 aromatic carbocycles. The van der Waals surface area contributed by atoms with E-state index in [1.165, 1.54) is 0 Å². The molecule has 0 spiro atoms. The van der Waals surface area contributed by atoms with Crippen LogP contribution in [0, 0.1) is 23.7 Å². The van der Waals surface area contributed by atoms with E-state index in [-0.39, 0.29) is 86.4 Å². The number of piperidine rings is 2. The van der Waals surface area contributed by atoms with Gasteiger partial charge in [-0.3, -0.25) is 38.4 Å². The zero-order chi connectivity index (χ0) is 58.1. The molecule has 2 aromatic rings. The Morgan fingerprint density at radius 1 is 0.525 bits per heavy atom. The lowest BCUT2D eigenvalue weighted by molar-refractivity contribution is -0.153. The molecule has 4 N–H and O–H groups in total. The number of carbonyl (C=O) groups excluding carboxylic acids is 8. The number of esters is 2. The van der Waals surface area contributed by atoms with Gasteiger partial charge in [-0.15, -0.1) is 13.2 Å². The molecular formula is C64H94N6O10. The number of carbonyl (C=O) groups is 8. The highest BCUT2D eigenvalue weighted by atomic mass is 16.5. The standard InChI is InChI=1S/C64H94N6O10/c1-7-9-11-25-37-55(71)67-57(47(3)4)59(73)65-53(43-49-31-21-19-22-32-49)62(76)70-40-30-36-52(46-70)64(78)80-42-28-18-16-14-13-15-17-26-38-56(72)68-58(48(5)6)60(74)66-54(44-50-33-23-20-24-34-50)61(75)69-39-29-35-51(45-69)63(77)79-41-27-12-10-8-2/h7-8,13-14,19-24,31-34,47-48,51-54,57-58H,1-2,9-12,15-18,25-30,35-46H2,3-6H3,(H,65,73)(H,66,74)(H,67,71)(H,68,72)/b14-13+/t51-,52-,53+,54+,57+,58+/m1/s1. The second kappa shape index (κ2) is 37.4. The van der Waals surface area contributed by atoms with Crippen molar-refractivity contribution in [2.24, 2.45) is 23.7 Å². The Balaban J connectivity index is 1.17. The van der Waals surface area contributed by atoms with Gasteiger partial charge in [0.25, 0.3) is 0 Å². The summed E-state index contributed by atoms with van der Waals surface area (Å²) in [6.07, 6.45) is 20.7. The van der Waals surface area contributed by atoms with E-state index in [1.807, 2.05) is 101 Å². The van der Waals surface area contributed by atoms with Gasteiger partial charge in [0.2, 0.25) is 35.4 Å². The van der Waals surface area contributed by atoms with Crippen LogP contribution in [0.25, 0.3) is 0 Å². The molecule has 80 heavy (non-hydrogen) atoms. The third kappa shape index (κ3) is 24.4. The van der Waals surface area contributed by atoms with E-state index in [1.54, 1.807) is 9.80 Å². The maximum Gasteiger partial charge on any atom is 0.310 e. The third-order valence-corrected chi connectivity index (χ3v) is 14.8. The Bertz CT molecular complexity index is 2290. The minimum Gasteiger partial charge on any atom is -0.465 e. The van der Waals surface area contributed by atoms with Crippen LogP contribution in [-0.2, 0) is 60.7 Å². The van der Waals surface area contributed by atoms with Crippen LogP contribution in [0.15, 0.2) is 98.1 Å². The van der Waals surface area contributed by atoms with Gasteiger partial charge >= 0.3 is 11.9 Å². The van der Waals surface area contributed by atoms with E-state index in [0.717, 1.165) is 68.9 Å². The molecule has 4 rings (SSSR count). The molecule has 2 aliphatic heterocycles. The minimum absolute atomic E-state index is 0.198. The Morgan fingerprint density at radius 2 is 0.900 bits per heavy atom. The smallest absolute Gasteiger partial charge is 0.310 e. The SMILES string of the molecule is C=CCCCCOC(=O)[C@@H]1CCCN(C(=O)[C@H](Cc2ccccc2)NC(=O)[C@@H](NC(=O)CCCC/C=C/CCCCOC(=O)[C@@H]2CCCN(C(=O)[C@H](Cc3ccccc3)NC(=O)[C@@H](NC(=O)CCCCC=C)C(C)C)C2)C(C)C)C1. The van der Waals surface area contributed by atoms with Crippen molar-refractivity contribution in [1.82, 2.24) is 31.1 Å². The fraction of sp³-hybridized carbons (Fsp3) is 0.594. The number of nitrogens with one attached hydrogen (secondary N) is 4. The molecular weight excluding hydrogens is 1010 g/mol. The van der Waals surface area contributed by atoms with Gasteiger partial charge in [0, 0.05) is 51.9 Å². The summed E-state index contributed by atoms with van der Waals surface area (Å²) >= 11 is 0. The van der Waals surface area contributed by atoms with Crippen LogP contribution in [0.1, 0.15) is 154 Å². The van der Waals surface area contributed by atoms with Crippen LogP contribution in [0.5, 0.6) is 0 Å². The fourth-order valence-corrected chi connectivity index (χ4v) is 10.1. The number of unbranched alkanes of at least 4 members (excludes halogenated alkanes) is 8. The summed E-state index contributed by atoms with van der Waals surface area (Å²) in [5.74, 6) is -3.85. The van der Waals surface area contributed by atoms with Crippen molar-refractivity contribution < 1.29 is 47.8 Å². The molecule has 2 fully saturated rings.